The van der Waals surface area contributed by atoms with Crippen molar-refractivity contribution in [2.24, 2.45) is 5.92 Å². The van der Waals surface area contributed by atoms with Gasteiger partial charge in [-0.25, -0.2) is 0 Å². The molecule has 1 aliphatic heterocycles. The van der Waals surface area contributed by atoms with Gasteiger partial charge in [0, 0.05) is 11.5 Å². The minimum atomic E-state index is -0.181. The highest BCUT2D eigenvalue weighted by Crippen LogP contribution is 2.32. The van der Waals surface area contributed by atoms with E-state index in [1.54, 1.807) is 30.3 Å². The van der Waals surface area contributed by atoms with Crippen LogP contribution in [0.1, 0.15) is 23.0 Å². The molecule has 0 saturated heterocycles. The van der Waals surface area contributed by atoms with Crippen LogP contribution >= 0.6 is 15.9 Å². The lowest BCUT2D eigenvalue weighted by Gasteiger charge is -2.08. The predicted octanol–water partition coefficient (Wildman–Crippen LogP) is 3.68. The second-order valence-corrected chi connectivity index (χ2v) is 5.60. The second-order valence-electron chi connectivity index (χ2n) is 4.82. The van der Waals surface area contributed by atoms with Crippen LogP contribution in [0.2, 0.25) is 0 Å². The fourth-order valence-electron chi connectivity index (χ4n) is 1.97. The highest BCUT2D eigenvalue weighted by atomic mass is 79.9. The van der Waals surface area contributed by atoms with Crippen molar-refractivity contribution in [2.75, 3.05) is 13.2 Å². The number of halogens is 1. The number of benzene rings is 1. The van der Waals surface area contributed by atoms with E-state index >= 15 is 0 Å². The van der Waals surface area contributed by atoms with Gasteiger partial charge < -0.3 is 13.9 Å². The molecule has 0 spiro atoms. The molecule has 4 nitrogen and oxygen atoms in total. The Kier molecular flexibility index (Phi) is 3.53. The number of ketones is 1. The SMILES string of the molecule is CC1COc2ccc(C(=O)c3ccc(Br)o3)cc2OC1. The van der Waals surface area contributed by atoms with Crippen LogP contribution in [0, 0.1) is 5.92 Å². The molecule has 0 fully saturated rings. The Morgan fingerprint density at radius 2 is 1.90 bits per heavy atom. The molecule has 104 valence electrons. The maximum Gasteiger partial charge on any atom is 0.228 e. The first-order chi connectivity index (χ1) is 9.63. The predicted molar refractivity (Wildman–Crippen MR) is 76.4 cm³/mol. The summed E-state index contributed by atoms with van der Waals surface area (Å²) >= 11 is 3.19. The maximum absolute atomic E-state index is 12.3. The zero-order valence-electron chi connectivity index (χ0n) is 10.9. The fraction of sp³-hybridized carbons (Fsp3) is 0.267. The van der Waals surface area contributed by atoms with Gasteiger partial charge in [0.2, 0.25) is 5.78 Å². The van der Waals surface area contributed by atoms with Crippen LogP contribution in [0.15, 0.2) is 39.4 Å². The Labute approximate surface area is 124 Å². The fourth-order valence-corrected chi connectivity index (χ4v) is 2.28. The van der Waals surface area contributed by atoms with Crippen molar-refractivity contribution in [3.8, 4) is 11.5 Å². The van der Waals surface area contributed by atoms with Crippen molar-refractivity contribution in [1.82, 2.24) is 0 Å². The molecule has 1 aromatic heterocycles. The molecule has 1 aliphatic rings. The summed E-state index contributed by atoms with van der Waals surface area (Å²) in [6, 6.07) is 8.51. The smallest absolute Gasteiger partial charge is 0.228 e. The molecule has 3 rings (SSSR count). The summed E-state index contributed by atoms with van der Waals surface area (Å²) in [4.78, 5) is 12.3. The van der Waals surface area contributed by atoms with Crippen molar-refractivity contribution < 1.29 is 18.7 Å². The lowest BCUT2D eigenvalue weighted by Crippen LogP contribution is -2.12. The molecular weight excluding hydrogens is 324 g/mol. The van der Waals surface area contributed by atoms with Gasteiger partial charge in [-0.05, 0) is 46.3 Å². The summed E-state index contributed by atoms with van der Waals surface area (Å²) in [5.74, 6) is 1.71. The van der Waals surface area contributed by atoms with Crippen molar-refractivity contribution in [1.29, 1.82) is 0 Å². The molecule has 2 aromatic rings. The lowest BCUT2D eigenvalue weighted by molar-refractivity contribution is 0.101. The lowest BCUT2D eigenvalue weighted by atomic mass is 10.1. The third-order valence-electron chi connectivity index (χ3n) is 3.05. The van der Waals surface area contributed by atoms with E-state index in [0.717, 1.165) is 0 Å². The molecule has 0 radical (unpaired) electrons. The first-order valence-corrected chi connectivity index (χ1v) is 7.12. The number of ether oxygens (including phenoxy) is 2. The van der Waals surface area contributed by atoms with E-state index in [4.69, 9.17) is 13.9 Å². The molecule has 1 unspecified atom stereocenters. The number of rotatable bonds is 2. The first kappa shape index (κ1) is 13.2. The minimum absolute atomic E-state index is 0.181. The van der Waals surface area contributed by atoms with Gasteiger partial charge in [-0.3, -0.25) is 4.79 Å². The number of hydrogen-bond acceptors (Lipinski definition) is 4. The van der Waals surface area contributed by atoms with Crippen LogP contribution in [0.5, 0.6) is 11.5 Å². The quantitative estimate of drug-likeness (QED) is 0.785. The van der Waals surface area contributed by atoms with Crippen LogP contribution in [0.4, 0.5) is 0 Å². The van der Waals surface area contributed by atoms with E-state index in [2.05, 4.69) is 22.9 Å². The maximum atomic E-state index is 12.3. The van der Waals surface area contributed by atoms with E-state index in [-0.39, 0.29) is 5.78 Å². The average Bonchev–Trinajstić information content (AvgIpc) is 2.80. The van der Waals surface area contributed by atoms with E-state index < -0.39 is 0 Å². The molecule has 0 aliphatic carbocycles. The van der Waals surface area contributed by atoms with Gasteiger partial charge >= 0.3 is 0 Å². The molecule has 0 N–H and O–H groups in total. The minimum Gasteiger partial charge on any atom is -0.489 e. The highest BCUT2D eigenvalue weighted by molar-refractivity contribution is 9.10. The number of hydrogen-bond donors (Lipinski definition) is 0. The van der Waals surface area contributed by atoms with Gasteiger partial charge in [0.15, 0.2) is 21.9 Å². The molecular formula is C15H13BrO4. The largest absolute Gasteiger partial charge is 0.489 e. The molecule has 1 aromatic carbocycles. The summed E-state index contributed by atoms with van der Waals surface area (Å²) in [7, 11) is 0. The third kappa shape index (κ3) is 2.58. The molecule has 0 bridgehead atoms. The van der Waals surface area contributed by atoms with E-state index in [0.29, 0.717) is 46.6 Å². The van der Waals surface area contributed by atoms with Crippen molar-refractivity contribution in [2.45, 2.75) is 6.92 Å². The molecule has 0 amide bonds. The van der Waals surface area contributed by atoms with E-state index in [1.165, 1.54) is 0 Å². The molecule has 20 heavy (non-hydrogen) atoms. The van der Waals surface area contributed by atoms with E-state index in [1.807, 2.05) is 0 Å². The van der Waals surface area contributed by atoms with Crippen molar-refractivity contribution in [3.63, 3.8) is 0 Å². The van der Waals surface area contributed by atoms with Crippen LogP contribution in [-0.2, 0) is 0 Å². The Balaban J connectivity index is 1.90. The van der Waals surface area contributed by atoms with Crippen molar-refractivity contribution in [3.05, 3.63) is 46.3 Å². The van der Waals surface area contributed by atoms with Gasteiger partial charge in [0.25, 0.3) is 0 Å². The summed E-state index contributed by atoms with van der Waals surface area (Å²) < 4.78 is 17.1. The second kappa shape index (κ2) is 5.32. The monoisotopic (exact) mass is 336 g/mol. The summed E-state index contributed by atoms with van der Waals surface area (Å²) in [6.45, 7) is 3.25. The standard InChI is InChI=1S/C15H13BrO4/c1-9-7-18-11-3-2-10(6-13(11)19-8-9)15(17)12-4-5-14(16)20-12/h2-6,9H,7-8H2,1H3. The Bertz CT molecular complexity index is 647. The summed E-state index contributed by atoms with van der Waals surface area (Å²) in [6.07, 6.45) is 0. The van der Waals surface area contributed by atoms with Crippen molar-refractivity contribution >= 4 is 21.7 Å². The number of carbonyl (C=O) groups excluding carboxylic acids is 1. The Morgan fingerprint density at radius 1 is 1.15 bits per heavy atom. The Hall–Kier alpha value is -1.75. The van der Waals surface area contributed by atoms with Crippen LogP contribution in [-0.4, -0.2) is 19.0 Å². The molecule has 5 heteroatoms. The average molecular weight is 337 g/mol. The van der Waals surface area contributed by atoms with Gasteiger partial charge in [-0.2, -0.15) is 0 Å². The van der Waals surface area contributed by atoms with Crippen LogP contribution in [0.25, 0.3) is 0 Å². The highest BCUT2D eigenvalue weighted by Gasteiger charge is 2.19. The summed E-state index contributed by atoms with van der Waals surface area (Å²) in [5.41, 5.74) is 0.517. The third-order valence-corrected chi connectivity index (χ3v) is 3.48. The molecule has 1 atom stereocenters. The number of furan rings is 1. The first-order valence-electron chi connectivity index (χ1n) is 6.33. The van der Waals surface area contributed by atoms with Gasteiger partial charge in [0.1, 0.15) is 0 Å². The zero-order chi connectivity index (χ0) is 14.1. The van der Waals surface area contributed by atoms with Gasteiger partial charge in [-0.15, -0.1) is 0 Å². The summed E-state index contributed by atoms with van der Waals surface area (Å²) in [5, 5.41) is 0. The van der Waals surface area contributed by atoms with E-state index in [9.17, 15) is 4.79 Å². The van der Waals surface area contributed by atoms with Gasteiger partial charge in [-0.1, -0.05) is 6.92 Å². The molecule has 2 heterocycles. The number of carbonyl (C=O) groups is 1. The van der Waals surface area contributed by atoms with Gasteiger partial charge in [0.05, 0.1) is 13.2 Å². The number of fused-ring (bicyclic) bond motifs is 1. The van der Waals surface area contributed by atoms with Crippen LogP contribution < -0.4 is 9.47 Å². The topological polar surface area (TPSA) is 48.7 Å². The molecule has 0 saturated carbocycles. The Morgan fingerprint density at radius 3 is 2.60 bits per heavy atom. The normalized spacial score (nSPS) is 17.6. The zero-order valence-corrected chi connectivity index (χ0v) is 12.5. The van der Waals surface area contributed by atoms with Crippen LogP contribution in [0.3, 0.4) is 0 Å².